The van der Waals surface area contributed by atoms with Gasteiger partial charge in [-0.05, 0) is 90.0 Å². The Bertz CT molecular complexity index is 1700. The van der Waals surface area contributed by atoms with E-state index in [1.807, 2.05) is 0 Å². The van der Waals surface area contributed by atoms with Crippen molar-refractivity contribution in [2.45, 2.75) is 217 Å². The van der Waals surface area contributed by atoms with Crippen LogP contribution in [0.15, 0.2) is 0 Å². The third kappa shape index (κ3) is 9.43. The zero-order chi connectivity index (χ0) is 44.6. The molecule has 9 saturated heterocycles. The highest BCUT2D eigenvalue weighted by molar-refractivity contribution is 7.71. The summed E-state index contributed by atoms with van der Waals surface area (Å²) in [5.41, 5.74) is 0. The largest absolute Gasteiger partial charge is 0.342 e. The molecule has 16 atom stereocenters. The van der Waals surface area contributed by atoms with Gasteiger partial charge in [0.2, 0.25) is 0 Å². The molecule has 356 valence electrons. The minimum Gasteiger partial charge on any atom is -0.342 e. The van der Waals surface area contributed by atoms with Crippen LogP contribution in [-0.4, -0.2) is 159 Å². The fourth-order valence-electron chi connectivity index (χ4n) is 9.69. The Balaban J connectivity index is 0.964. The normalized spacial score (nSPS) is 46.0. The Hall–Kier alpha value is -0.300. The summed E-state index contributed by atoms with van der Waals surface area (Å²) in [4.78, 5) is 0. The van der Waals surface area contributed by atoms with Gasteiger partial charge in [-0.1, -0.05) is 0 Å². The summed E-state index contributed by atoms with van der Waals surface area (Å²) < 4.78 is 148. The van der Waals surface area contributed by atoms with Gasteiger partial charge >= 0.3 is 15.2 Å². The van der Waals surface area contributed by atoms with E-state index in [0.717, 1.165) is 0 Å². The van der Waals surface area contributed by atoms with Crippen LogP contribution >= 0.6 is 15.2 Å². The summed E-state index contributed by atoms with van der Waals surface area (Å²) in [6.07, 6.45) is -11.0. The molecule has 0 aromatic rings. The SMILES string of the molecule is CCOP(=O)(CP(=O)(OC[C@H]1O[C@@H]2OC(C)(C)O[C@@H]2[C@H]2OC(C)(C)O[C@H]21)OC[C@H]1O[C@@H]2OC(C)(C)O[C@@H]2[C@H]2OC(C)(C)O[C@H]21)OC[C@H]1O[C@@H]2OC(C)(C)O[C@@H]2[C@H]2OC(C)(C)O[C@H]21. The van der Waals surface area contributed by atoms with Crippen LogP contribution in [-0.2, 0) is 98.3 Å². The molecule has 0 N–H and O–H groups in total. The Labute approximate surface area is 362 Å². The molecule has 0 bridgehead atoms. The molecule has 9 aliphatic heterocycles. The summed E-state index contributed by atoms with van der Waals surface area (Å²) in [6.45, 7) is 21.8. The number of fused-ring (bicyclic) bond motifs is 9. The standard InChI is InChI=1S/C39H64O21P2/c1-14-42-61(40,43-15-19-22-25(52-34(2,3)49-22)28-31(46-19)58-37(8,9)55-28)18-62(41,44-16-20-23-26(53-35(4,5)50-23)29-32(47-20)59-38(10,11)56-29)45-17-21-24-27(54-36(6,7)51-24)30-33(48-21)60-39(12,13)57-30/h19-33H,14-18H2,1-13H3/t19-,20-,21-,22+,23+,24+,25+,26+,27+,28-,29-,30-,31-,32-,33-,61?/m1/s1. The molecule has 9 rings (SSSR count). The highest BCUT2D eigenvalue weighted by Gasteiger charge is 2.64. The third-order valence-electron chi connectivity index (χ3n) is 11.7. The van der Waals surface area contributed by atoms with E-state index in [1.165, 1.54) is 0 Å². The van der Waals surface area contributed by atoms with Crippen molar-refractivity contribution in [3.63, 3.8) is 0 Å². The van der Waals surface area contributed by atoms with Gasteiger partial charge in [0.1, 0.15) is 73.2 Å². The van der Waals surface area contributed by atoms with Gasteiger partial charge in [-0.25, -0.2) is 0 Å². The Morgan fingerprint density at radius 1 is 0.355 bits per heavy atom. The lowest BCUT2D eigenvalue weighted by Crippen LogP contribution is -2.56. The van der Waals surface area contributed by atoms with Gasteiger partial charge in [-0.2, -0.15) is 0 Å². The van der Waals surface area contributed by atoms with Gasteiger partial charge in [0, 0.05) is 0 Å². The van der Waals surface area contributed by atoms with Crippen LogP contribution in [0.5, 0.6) is 0 Å². The fourth-order valence-corrected chi connectivity index (χ4v) is 14.4. The fraction of sp³-hybridized carbons (Fsp3) is 1.00. The van der Waals surface area contributed by atoms with Crippen molar-refractivity contribution in [1.29, 1.82) is 0 Å². The van der Waals surface area contributed by atoms with Crippen LogP contribution in [0, 0.1) is 0 Å². The maximum absolute atomic E-state index is 15.4. The molecule has 9 heterocycles. The summed E-state index contributed by atoms with van der Waals surface area (Å²) in [7, 11) is -8.92. The molecular weight excluding hydrogens is 866 g/mol. The van der Waals surface area contributed by atoms with E-state index in [4.69, 9.17) is 89.1 Å². The summed E-state index contributed by atoms with van der Waals surface area (Å²) in [6, 6.07) is 0. The van der Waals surface area contributed by atoms with Crippen molar-refractivity contribution < 1.29 is 98.3 Å². The maximum Gasteiger partial charge on any atom is 0.342 e. The van der Waals surface area contributed by atoms with Crippen LogP contribution < -0.4 is 0 Å². The molecule has 0 saturated carbocycles. The van der Waals surface area contributed by atoms with E-state index in [-0.39, 0.29) is 26.4 Å². The molecule has 0 spiro atoms. The second-order valence-electron chi connectivity index (χ2n) is 19.8. The lowest BCUT2D eigenvalue weighted by Gasteiger charge is -2.39. The molecule has 23 heteroatoms. The lowest BCUT2D eigenvalue weighted by molar-refractivity contribution is -0.241. The molecule has 0 aliphatic carbocycles. The number of hydrogen-bond acceptors (Lipinski definition) is 21. The van der Waals surface area contributed by atoms with E-state index in [9.17, 15) is 4.57 Å². The third-order valence-corrected chi connectivity index (χ3v) is 16.8. The van der Waals surface area contributed by atoms with Gasteiger partial charge < -0.3 is 89.1 Å². The summed E-state index contributed by atoms with van der Waals surface area (Å²) in [5.74, 6) is -6.76. The van der Waals surface area contributed by atoms with E-state index in [2.05, 4.69) is 0 Å². The van der Waals surface area contributed by atoms with E-state index < -0.39 is 148 Å². The molecule has 62 heavy (non-hydrogen) atoms. The average Bonchev–Trinajstić information content (AvgIpc) is 3.94. The van der Waals surface area contributed by atoms with Crippen molar-refractivity contribution in [2.75, 3.05) is 32.3 Å². The van der Waals surface area contributed by atoms with Gasteiger partial charge in [0.25, 0.3) is 0 Å². The Kier molecular flexibility index (Phi) is 12.0. The quantitative estimate of drug-likeness (QED) is 0.231. The van der Waals surface area contributed by atoms with Crippen LogP contribution in [0.3, 0.4) is 0 Å². The van der Waals surface area contributed by atoms with E-state index in [0.29, 0.717) is 0 Å². The van der Waals surface area contributed by atoms with Crippen LogP contribution in [0.25, 0.3) is 0 Å². The molecule has 0 radical (unpaired) electrons. The maximum atomic E-state index is 15.4. The molecule has 1 unspecified atom stereocenters. The molecule has 0 aromatic heterocycles. The first-order valence-corrected chi connectivity index (χ1v) is 25.0. The first-order chi connectivity index (χ1) is 28.6. The van der Waals surface area contributed by atoms with Gasteiger partial charge in [0.15, 0.2) is 59.5 Å². The van der Waals surface area contributed by atoms with Gasteiger partial charge in [0.05, 0.1) is 26.4 Å². The van der Waals surface area contributed by atoms with Crippen LogP contribution in [0.1, 0.15) is 90.0 Å². The predicted octanol–water partition coefficient (Wildman–Crippen LogP) is 4.61. The smallest absolute Gasteiger partial charge is 0.342 e. The minimum absolute atomic E-state index is 0.0742. The second kappa shape index (κ2) is 15.9. The molecular formula is C39H64O21P2. The van der Waals surface area contributed by atoms with Crippen LogP contribution in [0.4, 0.5) is 0 Å². The number of rotatable bonds is 13. The lowest BCUT2D eigenvalue weighted by atomic mass is 9.99. The Morgan fingerprint density at radius 3 is 0.887 bits per heavy atom. The zero-order valence-electron chi connectivity index (χ0n) is 37.7. The van der Waals surface area contributed by atoms with Crippen molar-refractivity contribution in [3.05, 3.63) is 0 Å². The van der Waals surface area contributed by atoms with Crippen molar-refractivity contribution in [1.82, 2.24) is 0 Å². The van der Waals surface area contributed by atoms with Gasteiger partial charge in [-0.15, -0.1) is 0 Å². The first kappa shape index (κ1) is 46.8. The molecule has 0 aromatic carbocycles. The first-order valence-electron chi connectivity index (χ1n) is 21.5. The van der Waals surface area contributed by atoms with Crippen molar-refractivity contribution >= 4 is 15.2 Å². The topological polar surface area (TPSA) is 210 Å². The minimum atomic E-state index is -4.55. The zero-order valence-corrected chi connectivity index (χ0v) is 39.5. The molecule has 9 fully saturated rings. The van der Waals surface area contributed by atoms with Crippen LogP contribution in [0.2, 0.25) is 0 Å². The number of ether oxygens (including phenoxy) is 15. The monoisotopic (exact) mass is 930 g/mol. The Morgan fingerprint density at radius 2 is 0.597 bits per heavy atom. The highest BCUT2D eigenvalue weighted by atomic mass is 31.2. The second-order valence-corrected chi connectivity index (χ2v) is 24.4. The van der Waals surface area contributed by atoms with Crippen molar-refractivity contribution in [2.24, 2.45) is 0 Å². The summed E-state index contributed by atoms with van der Waals surface area (Å²) in [5, 5.41) is 0. The number of hydrogen-bond donors (Lipinski definition) is 0. The average molecular weight is 931 g/mol. The highest BCUT2D eigenvalue weighted by Crippen LogP contribution is 2.65. The summed E-state index contributed by atoms with van der Waals surface area (Å²) >= 11 is 0. The molecule has 0 amide bonds. The predicted molar refractivity (Wildman–Crippen MR) is 207 cm³/mol. The molecule has 21 nitrogen and oxygen atoms in total. The van der Waals surface area contributed by atoms with Gasteiger partial charge in [-0.3, -0.25) is 9.13 Å². The van der Waals surface area contributed by atoms with E-state index >= 15 is 4.57 Å². The van der Waals surface area contributed by atoms with E-state index in [1.54, 1.807) is 90.0 Å². The molecule has 9 aliphatic rings. The van der Waals surface area contributed by atoms with Crippen molar-refractivity contribution in [3.8, 4) is 0 Å².